The van der Waals surface area contributed by atoms with Gasteiger partial charge in [0.15, 0.2) is 0 Å². The van der Waals surface area contributed by atoms with E-state index in [0.29, 0.717) is 12.4 Å². The first-order valence-corrected chi connectivity index (χ1v) is 5.35. The molecule has 2 amide bonds. The number of carbonyl (C=O) groups is 1. The van der Waals surface area contributed by atoms with Crippen molar-refractivity contribution < 1.29 is 4.79 Å². The van der Waals surface area contributed by atoms with Gasteiger partial charge in [0.2, 0.25) is 0 Å². The fourth-order valence-electron chi connectivity index (χ4n) is 1.55. The second-order valence-electron chi connectivity index (χ2n) is 3.44. The van der Waals surface area contributed by atoms with E-state index in [2.05, 4.69) is 0 Å². The highest BCUT2D eigenvalue weighted by molar-refractivity contribution is 6.18. The molecule has 0 aromatic rings. The van der Waals surface area contributed by atoms with Crippen LogP contribution in [0.15, 0.2) is 0 Å². The number of likely N-dealkylation sites (tertiary alicyclic amines) is 1. The molecule has 3 nitrogen and oxygen atoms in total. The minimum atomic E-state index is 0.125. The molecule has 0 unspecified atom stereocenters. The summed E-state index contributed by atoms with van der Waals surface area (Å²) in [4.78, 5) is 15.3. The van der Waals surface area contributed by atoms with Gasteiger partial charge in [-0.05, 0) is 19.3 Å². The Morgan fingerprint density at radius 3 is 2.54 bits per heavy atom. The van der Waals surface area contributed by atoms with Gasteiger partial charge in [-0.3, -0.25) is 0 Å². The van der Waals surface area contributed by atoms with Gasteiger partial charge in [0.25, 0.3) is 0 Å². The second kappa shape index (κ2) is 5.32. The number of nitrogens with zero attached hydrogens (tertiary/aromatic N) is 2. The number of urea groups is 1. The number of hydrogen-bond donors (Lipinski definition) is 0. The number of hydrogen-bond acceptors (Lipinski definition) is 1. The molecule has 1 aliphatic rings. The SMILES string of the molecule is CN(CCCl)C(=O)N1CCCCC1. The van der Waals surface area contributed by atoms with Crippen LogP contribution in [-0.4, -0.2) is 48.4 Å². The van der Waals surface area contributed by atoms with Crippen LogP contribution in [-0.2, 0) is 0 Å². The molecule has 1 heterocycles. The second-order valence-corrected chi connectivity index (χ2v) is 3.82. The number of halogens is 1. The normalized spacial score (nSPS) is 17.2. The van der Waals surface area contributed by atoms with E-state index in [1.807, 2.05) is 4.90 Å². The van der Waals surface area contributed by atoms with E-state index >= 15 is 0 Å². The van der Waals surface area contributed by atoms with Crippen LogP contribution in [0.25, 0.3) is 0 Å². The molecule has 1 saturated heterocycles. The zero-order chi connectivity index (χ0) is 9.68. The first kappa shape index (κ1) is 10.6. The predicted octanol–water partition coefficient (Wildman–Crippen LogP) is 1.76. The Kier molecular flexibility index (Phi) is 4.36. The zero-order valence-electron chi connectivity index (χ0n) is 8.13. The average molecular weight is 205 g/mol. The highest BCUT2D eigenvalue weighted by Gasteiger charge is 2.18. The Labute approximate surface area is 84.6 Å². The Hall–Kier alpha value is -0.440. The Balaban J connectivity index is 2.36. The quantitative estimate of drug-likeness (QED) is 0.629. The van der Waals surface area contributed by atoms with Crippen LogP contribution in [0.5, 0.6) is 0 Å². The standard InChI is InChI=1S/C9H17ClN2O/c1-11(8-5-10)9(13)12-6-3-2-4-7-12/h2-8H2,1H3. The third-order valence-electron chi connectivity index (χ3n) is 2.37. The van der Waals surface area contributed by atoms with E-state index in [-0.39, 0.29) is 6.03 Å². The van der Waals surface area contributed by atoms with Crippen molar-refractivity contribution in [3.63, 3.8) is 0 Å². The van der Waals surface area contributed by atoms with Gasteiger partial charge in [-0.25, -0.2) is 4.79 Å². The molecule has 0 aromatic heterocycles. The Morgan fingerprint density at radius 1 is 1.38 bits per heavy atom. The molecule has 0 aliphatic carbocycles. The smallest absolute Gasteiger partial charge is 0.319 e. The van der Waals surface area contributed by atoms with E-state index in [1.165, 1.54) is 6.42 Å². The minimum absolute atomic E-state index is 0.125. The Bertz CT molecular complexity index is 169. The summed E-state index contributed by atoms with van der Waals surface area (Å²) in [5.74, 6) is 0.510. The topological polar surface area (TPSA) is 23.6 Å². The molecule has 1 fully saturated rings. The maximum atomic E-state index is 11.7. The van der Waals surface area contributed by atoms with Crippen molar-refractivity contribution in [2.24, 2.45) is 0 Å². The van der Waals surface area contributed by atoms with Crippen molar-refractivity contribution in [1.82, 2.24) is 9.80 Å². The summed E-state index contributed by atoms with van der Waals surface area (Å²) in [7, 11) is 1.80. The Morgan fingerprint density at radius 2 is 2.00 bits per heavy atom. The molecule has 0 spiro atoms. The molecule has 4 heteroatoms. The van der Waals surface area contributed by atoms with Gasteiger partial charge in [-0.2, -0.15) is 0 Å². The maximum Gasteiger partial charge on any atom is 0.319 e. The van der Waals surface area contributed by atoms with Gasteiger partial charge >= 0.3 is 6.03 Å². The van der Waals surface area contributed by atoms with E-state index in [0.717, 1.165) is 25.9 Å². The summed E-state index contributed by atoms with van der Waals surface area (Å²) in [6.07, 6.45) is 3.53. The molecule has 0 aromatic carbocycles. The van der Waals surface area contributed by atoms with Crippen LogP contribution >= 0.6 is 11.6 Å². The van der Waals surface area contributed by atoms with Crippen molar-refractivity contribution in [2.45, 2.75) is 19.3 Å². The lowest BCUT2D eigenvalue weighted by Gasteiger charge is -2.30. The zero-order valence-corrected chi connectivity index (χ0v) is 8.89. The van der Waals surface area contributed by atoms with Crippen molar-refractivity contribution in [1.29, 1.82) is 0 Å². The molecular formula is C9H17ClN2O. The minimum Gasteiger partial charge on any atom is -0.327 e. The first-order chi connectivity index (χ1) is 6.25. The summed E-state index contributed by atoms with van der Waals surface area (Å²) in [6, 6.07) is 0.125. The van der Waals surface area contributed by atoms with E-state index < -0.39 is 0 Å². The van der Waals surface area contributed by atoms with Gasteiger partial charge in [-0.15, -0.1) is 11.6 Å². The fraction of sp³-hybridized carbons (Fsp3) is 0.889. The van der Waals surface area contributed by atoms with E-state index in [9.17, 15) is 4.79 Å². The molecule has 0 atom stereocenters. The summed E-state index contributed by atoms with van der Waals surface area (Å²) in [5, 5.41) is 0. The number of piperidine rings is 1. The summed E-state index contributed by atoms with van der Waals surface area (Å²) in [6.45, 7) is 2.45. The third-order valence-corrected chi connectivity index (χ3v) is 2.54. The number of alkyl halides is 1. The van der Waals surface area contributed by atoms with Gasteiger partial charge in [0.05, 0.1) is 0 Å². The monoisotopic (exact) mass is 204 g/mol. The predicted molar refractivity (Wildman–Crippen MR) is 54.2 cm³/mol. The van der Waals surface area contributed by atoms with E-state index in [1.54, 1.807) is 11.9 Å². The van der Waals surface area contributed by atoms with Crippen LogP contribution in [0, 0.1) is 0 Å². The lowest BCUT2D eigenvalue weighted by molar-refractivity contribution is 0.155. The molecule has 76 valence electrons. The molecule has 0 N–H and O–H groups in total. The molecular weight excluding hydrogens is 188 g/mol. The molecule has 1 rings (SSSR count). The van der Waals surface area contributed by atoms with Crippen molar-refractivity contribution in [3.8, 4) is 0 Å². The lowest BCUT2D eigenvalue weighted by Crippen LogP contribution is -2.44. The van der Waals surface area contributed by atoms with Gasteiger partial charge in [-0.1, -0.05) is 0 Å². The van der Waals surface area contributed by atoms with Gasteiger partial charge in [0, 0.05) is 32.6 Å². The highest BCUT2D eigenvalue weighted by atomic mass is 35.5. The molecule has 1 aliphatic heterocycles. The van der Waals surface area contributed by atoms with Crippen molar-refractivity contribution in [2.75, 3.05) is 32.6 Å². The van der Waals surface area contributed by atoms with E-state index in [4.69, 9.17) is 11.6 Å². The molecule has 0 radical (unpaired) electrons. The number of amides is 2. The fourth-order valence-corrected chi connectivity index (χ4v) is 1.80. The first-order valence-electron chi connectivity index (χ1n) is 4.81. The summed E-state index contributed by atoms with van der Waals surface area (Å²) < 4.78 is 0. The lowest BCUT2D eigenvalue weighted by atomic mass is 10.1. The summed E-state index contributed by atoms with van der Waals surface area (Å²) in [5.41, 5.74) is 0. The van der Waals surface area contributed by atoms with Gasteiger partial charge < -0.3 is 9.80 Å². The van der Waals surface area contributed by atoms with Crippen LogP contribution < -0.4 is 0 Å². The maximum absolute atomic E-state index is 11.7. The highest BCUT2D eigenvalue weighted by Crippen LogP contribution is 2.10. The van der Waals surface area contributed by atoms with Crippen molar-refractivity contribution >= 4 is 17.6 Å². The molecule has 13 heavy (non-hydrogen) atoms. The van der Waals surface area contributed by atoms with Crippen LogP contribution in [0.4, 0.5) is 4.79 Å². The molecule has 0 bridgehead atoms. The van der Waals surface area contributed by atoms with Crippen LogP contribution in [0.1, 0.15) is 19.3 Å². The summed E-state index contributed by atoms with van der Waals surface area (Å²) >= 11 is 5.57. The van der Waals surface area contributed by atoms with Crippen LogP contribution in [0.2, 0.25) is 0 Å². The third kappa shape index (κ3) is 3.07. The number of carbonyl (C=O) groups excluding carboxylic acids is 1. The van der Waals surface area contributed by atoms with Crippen LogP contribution in [0.3, 0.4) is 0 Å². The van der Waals surface area contributed by atoms with Crippen molar-refractivity contribution in [3.05, 3.63) is 0 Å². The molecule has 0 saturated carbocycles. The number of rotatable bonds is 2. The van der Waals surface area contributed by atoms with Gasteiger partial charge in [0.1, 0.15) is 0 Å². The average Bonchev–Trinajstić information content (AvgIpc) is 2.18. The largest absolute Gasteiger partial charge is 0.327 e.